The van der Waals surface area contributed by atoms with E-state index in [1.165, 1.54) is 22.9 Å². The van der Waals surface area contributed by atoms with Gasteiger partial charge in [-0.3, -0.25) is 9.79 Å². The highest BCUT2D eigenvalue weighted by Crippen LogP contribution is 2.34. The first-order valence-corrected chi connectivity index (χ1v) is 12.2. The largest absolute Gasteiger partial charge is 0.352 e. The normalized spacial score (nSPS) is 22.0. The van der Waals surface area contributed by atoms with Crippen LogP contribution in [0, 0.1) is 6.92 Å². The number of amides is 1. The van der Waals surface area contributed by atoms with Crippen LogP contribution >= 0.6 is 11.8 Å². The second-order valence-corrected chi connectivity index (χ2v) is 10.8. The first-order valence-electron chi connectivity index (χ1n) is 9.54. The number of aryl methyl sites for hydroxylation is 1. The minimum absolute atomic E-state index is 0.00393. The molecule has 6 nitrogen and oxygen atoms in total. The Kier molecular flexibility index (Phi) is 5.65. The van der Waals surface area contributed by atoms with Crippen LogP contribution in [0.25, 0.3) is 0 Å². The maximum atomic E-state index is 12.5. The van der Waals surface area contributed by atoms with Gasteiger partial charge in [0.25, 0.3) is 5.91 Å². The fourth-order valence-corrected chi connectivity index (χ4v) is 7.13. The Morgan fingerprint density at radius 3 is 2.72 bits per heavy atom. The number of hydrogen-bond donors (Lipinski definition) is 2. The summed E-state index contributed by atoms with van der Waals surface area (Å²) in [7, 11) is -2.96. The molecule has 2 atom stereocenters. The minimum atomic E-state index is -2.96. The van der Waals surface area contributed by atoms with Gasteiger partial charge in [0.15, 0.2) is 15.0 Å². The van der Waals surface area contributed by atoms with Gasteiger partial charge in [0.1, 0.15) is 0 Å². The Morgan fingerprint density at radius 1 is 1.17 bits per heavy atom. The Morgan fingerprint density at radius 2 is 1.97 bits per heavy atom. The van der Waals surface area contributed by atoms with E-state index in [-0.39, 0.29) is 28.7 Å². The molecule has 29 heavy (non-hydrogen) atoms. The number of thioether (sulfide) groups is 1. The summed E-state index contributed by atoms with van der Waals surface area (Å²) in [6.07, 6.45) is 0.781. The van der Waals surface area contributed by atoms with Crippen molar-refractivity contribution in [3.63, 3.8) is 0 Å². The Bertz CT molecular complexity index is 1050. The van der Waals surface area contributed by atoms with Gasteiger partial charge in [0, 0.05) is 23.0 Å². The number of anilines is 1. The first-order chi connectivity index (χ1) is 13.9. The van der Waals surface area contributed by atoms with Crippen LogP contribution < -0.4 is 10.6 Å². The highest BCUT2D eigenvalue weighted by Gasteiger charge is 2.42. The van der Waals surface area contributed by atoms with Crippen molar-refractivity contribution >= 4 is 38.4 Å². The molecular formula is C21H23N3O3S2. The number of carbonyl (C=O) groups excluding carboxylic acids is 1. The van der Waals surface area contributed by atoms with Crippen LogP contribution in [-0.4, -0.2) is 48.8 Å². The van der Waals surface area contributed by atoms with Crippen molar-refractivity contribution < 1.29 is 13.2 Å². The molecule has 2 aromatic carbocycles. The third kappa shape index (κ3) is 5.00. The van der Waals surface area contributed by atoms with Crippen LogP contribution in [0.5, 0.6) is 0 Å². The van der Waals surface area contributed by atoms with Crippen LogP contribution in [0.1, 0.15) is 21.5 Å². The highest BCUT2D eigenvalue weighted by molar-refractivity contribution is 8.15. The monoisotopic (exact) mass is 429 g/mol. The average Bonchev–Trinajstić information content (AvgIpc) is 3.16. The molecule has 8 heteroatoms. The molecule has 4 rings (SSSR count). The van der Waals surface area contributed by atoms with E-state index in [0.29, 0.717) is 17.3 Å². The lowest BCUT2D eigenvalue weighted by atomic mass is 10.1. The lowest BCUT2D eigenvalue weighted by Crippen LogP contribution is -2.25. The van der Waals surface area contributed by atoms with Gasteiger partial charge in [0.2, 0.25) is 0 Å². The van der Waals surface area contributed by atoms with E-state index in [9.17, 15) is 13.2 Å². The molecule has 0 unspecified atom stereocenters. The summed E-state index contributed by atoms with van der Waals surface area (Å²) in [6.45, 7) is 2.62. The fourth-order valence-electron chi connectivity index (χ4n) is 3.45. The van der Waals surface area contributed by atoms with E-state index >= 15 is 0 Å². The number of carbonyl (C=O) groups is 1. The predicted molar refractivity (Wildman–Crippen MR) is 119 cm³/mol. The molecule has 0 radical (unpaired) electrons. The van der Waals surface area contributed by atoms with Gasteiger partial charge >= 0.3 is 0 Å². The van der Waals surface area contributed by atoms with Gasteiger partial charge in [-0.1, -0.05) is 47.7 Å². The predicted octanol–water partition coefficient (Wildman–Crippen LogP) is 2.65. The summed E-state index contributed by atoms with van der Waals surface area (Å²) in [6, 6.07) is 15.4. The number of sulfone groups is 1. The fraction of sp³-hybridized carbons (Fsp3) is 0.333. The molecule has 0 saturated carbocycles. The standard InChI is InChI=1S/C21H23N3O3S2/c1-14-5-7-15(8-6-14)9-10-22-20(25)16-3-2-4-17(11-16)23-21-24-18-12-29(26,27)13-19(18)28-21/h2-8,11,18-19H,9-10,12-13H2,1H3,(H,22,25)(H,23,24)/t18-,19-/m0/s1. The highest BCUT2D eigenvalue weighted by atomic mass is 32.2. The van der Waals surface area contributed by atoms with Gasteiger partial charge in [-0.2, -0.15) is 0 Å². The molecule has 2 aromatic rings. The number of amidine groups is 1. The topological polar surface area (TPSA) is 87.6 Å². The number of benzene rings is 2. The molecule has 2 heterocycles. The summed E-state index contributed by atoms with van der Waals surface area (Å²) in [5.41, 5.74) is 3.75. The van der Waals surface area contributed by atoms with Crippen molar-refractivity contribution in [3.8, 4) is 0 Å². The van der Waals surface area contributed by atoms with Gasteiger partial charge in [0.05, 0.1) is 17.5 Å². The van der Waals surface area contributed by atoms with E-state index < -0.39 is 9.84 Å². The average molecular weight is 430 g/mol. The number of nitrogens with zero attached hydrogens (tertiary/aromatic N) is 1. The maximum Gasteiger partial charge on any atom is 0.251 e. The summed E-state index contributed by atoms with van der Waals surface area (Å²) in [5.74, 6) is 0.185. The van der Waals surface area contributed by atoms with Crippen molar-refractivity contribution in [2.45, 2.75) is 24.6 Å². The van der Waals surface area contributed by atoms with Crippen molar-refractivity contribution in [3.05, 3.63) is 65.2 Å². The second kappa shape index (κ2) is 8.20. The zero-order chi connectivity index (χ0) is 20.4. The molecule has 2 N–H and O–H groups in total. The van der Waals surface area contributed by atoms with E-state index in [4.69, 9.17) is 0 Å². The minimum Gasteiger partial charge on any atom is -0.352 e. The molecule has 0 spiro atoms. The molecule has 1 saturated heterocycles. The smallest absolute Gasteiger partial charge is 0.251 e. The van der Waals surface area contributed by atoms with E-state index in [0.717, 1.165) is 12.1 Å². The second-order valence-electron chi connectivity index (χ2n) is 7.43. The van der Waals surface area contributed by atoms with E-state index in [2.05, 4.69) is 46.8 Å². The zero-order valence-corrected chi connectivity index (χ0v) is 17.7. The number of nitrogens with one attached hydrogen (secondary N) is 2. The summed E-state index contributed by atoms with van der Waals surface area (Å²) in [5, 5.41) is 6.88. The first kappa shape index (κ1) is 20.0. The van der Waals surface area contributed by atoms with Crippen molar-refractivity contribution in [1.82, 2.24) is 5.32 Å². The number of aliphatic imine (C=N–C) groups is 1. The van der Waals surface area contributed by atoms with Crippen LogP contribution in [0.2, 0.25) is 0 Å². The Balaban J connectivity index is 1.32. The number of fused-ring (bicyclic) bond motifs is 1. The van der Waals surface area contributed by atoms with Gasteiger partial charge in [-0.05, 0) is 37.1 Å². The van der Waals surface area contributed by atoms with Crippen LogP contribution in [0.4, 0.5) is 5.69 Å². The van der Waals surface area contributed by atoms with Crippen molar-refractivity contribution in [2.24, 2.45) is 4.99 Å². The van der Waals surface area contributed by atoms with E-state index in [1.54, 1.807) is 12.1 Å². The Labute approximate surface area is 175 Å². The summed E-state index contributed by atoms with van der Waals surface area (Å²) in [4.78, 5) is 17.0. The molecule has 2 aliphatic heterocycles. The molecule has 1 fully saturated rings. The lowest BCUT2D eigenvalue weighted by molar-refractivity contribution is 0.0954. The third-order valence-corrected chi connectivity index (χ3v) is 8.16. The molecule has 2 aliphatic rings. The van der Waals surface area contributed by atoms with Gasteiger partial charge < -0.3 is 10.6 Å². The third-order valence-electron chi connectivity index (χ3n) is 5.01. The van der Waals surface area contributed by atoms with Crippen LogP contribution in [-0.2, 0) is 16.3 Å². The van der Waals surface area contributed by atoms with E-state index in [1.807, 2.05) is 12.1 Å². The van der Waals surface area contributed by atoms with Crippen molar-refractivity contribution in [2.75, 3.05) is 23.4 Å². The molecule has 0 aromatic heterocycles. The van der Waals surface area contributed by atoms with Crippen LogP contribution in [0.15, 0.2) is 53.5 Å². The lowest BCUT2D eigenvalue weighted by Gasteiger charge is -2.09. The summed E-state index contributed by atoms with van der Waals surface area (Å²) >= 11 is 1.46. The van der Waals surface area contributed by atoms with Gasteiger partial charge in [-0.15, -0.1) is 0 Å². The SMILES string of the molecule is Cc1ccc(CCNC(=O)c2cccc(NC3=N[C@H]4CS(=O)(=O)C[C@@H]4S3)c2)cc1. The quantitative estimate of drug-likeness (QED) is 0.763. The zero-order valence-electron chi connectivity index (χ0n) is 16.1. The Hall–Kier alpha value is -2.32. The maximum absolute atomic E-state index is 12.5. The molecule has 1 amide bonds. The van der Waals surface area contributed by atoms with Crippen molar-refractivity contribution in [1.29, 1.82) is 0 Å². The molecule has 0 bridgehead atoms. The summed E-state index contributed by atoms with van der Waals surface area (Å²) < 4.78 is 23.3. The van der Waals surface area contributed by atoms with Crippen LogP contribution in [0.3, 0.4) is 0 Å². The van der Waals surface area contributed by atoms with Gasteiger partial charge in [-0.25, -0.2) is 8.42 Å². The number of hydrogen-bond acceptors (Lipinski definition) is 6. The molecule has 152 valence electrons. The number of rotatable bonds is 5. The molecular weight excluding hydrogens is 406 g/mol. The molecule has 0 aliphatic carbocycles.